The first-order valence-electron chi connectivity index (χ1n) is 17.5. The van der Waals surface area contributed by atoms with Crippen LogP contribution in [0.5, 0.6) is 0 Å². The molecule has 0 spiro atoms. The highest BCUT2D eigenvalue weighted by Crippen LogP contribution is 2.42. The average Bonchev–Trinajstić information content (AvgIpc) is 3.77. The summed E-state index contributed by atoms with van der Waals surface area (Å²) >= 11 is 0. The Labute approximate surface area is 297 Å². The van der Waals surface area contributed by atoms with Crippen LogP contribution in [0.4, 0.5) is 17.1 Å². The van der Waals surface area contributed by atoms with E-state index >= 15 is 0 Å². The van der Waals surface area contributed by atoms with Gasteiger partial charge in [-0.15, -0.1) is 0 Å². The molecule has 1 aliphatic rings. The van der Waals surface area contributed by atoms with Crippen molar-refractivity contribution in [2.75, 3.05) is 4.90 Å². The zero-order valence-electron chi connectivity index (χ0n) is 28.0. The lowest BCUT2D eigenvalue weighted by molar-refractivity contribution is 0.670. The Morgan fingerprint density at radius 1 is 0.353 bits per heavy atom. The second-order valence-corrected chi connectivity index (χ2v) is 13.3. The summed E-state index contributed by atoms with van der Waals surface area (Å²) in [5.41, 5.74) is 17.7. The van der Waals surface area contributed by atoms with Crippen molar-refractivity contribution in [2.24, 2.45) is 0 Å². The molecular formula is C49H33NO. The molecule has 0 saturated carbocycles. The summed E-state index contributed by atoms with van der Waals surface area (Å²) in [6.45, 7) is 0. The molecule has 0 atom stereocenters. The minimum absolute atomic E-state index is 0.912. The van der Waals surface area contributed by atoms with Gasteiger partial charge in [0.05, 0.1) is 0 Å². The van der Waals surface area contributed by atoms with Gasteiger partial charge in [0, 0.05) is 33.4 Å². The van der Waals surface area contributed by atoms with Crippen LogP contribution in [-0.4, -0.2) is 0 Å². The quantitative estimate of drug-likeness (QED) is 0.178. The molecule has 0 saturated heterocycles. The number of rotatable bonds is 6. The van der Waals surface area contributed by atoms with Crippen molar-refractivity contribution in [3.8, 4) is 44.5 Å². The number of anilines is 3. The average molecular weight is 652 g/mol. The van der Waals surface area contributed by atoms with Gasteiger partial charge in [-0.25, -0.2) is 0 Å². The Morgan fingerprint density at radius 3 is 1.63 bits per heavy atom. The molecule has 1 heterocycles. The highest BCUT2D eigenvalue weighted by Gasteiger charge is 2.19. The Kier molecular flexibility index (Phi) is 6.92. The van der Waals surface area contributed by atoms with Crippen LogP contribution in [-0.2, 0) is 6.42 Å². The third-order valence-corrected chi connectivity index (χ3v) is 10.3. The van der Waals surface area contributed by atoms with Gasteiger partial charge in [0.2, 0.25) is 0 Å². The number of para-hydroxylation sites is 2. The van der Waals surface area contributed by atoms with Crippen LogP contribution in [0.25, 0.3) is 66.4 Å². The summed E-state index contributed by atoms with van der Waals surface area (Å²) in [5.74, 6) is 0. The van der Waals surface area contributed by atoms with Crippen molar-refractivity contribution < 1.29 is 4.42 Å². The van der Waals surface area contributed by atoms with E-state index in [4.69, 9.17) is 4.42 Å². The zero-order valence-corrected chi connectivity index (χ0v) is 28.0. The van der Waals surface area contributed by atoms with E-state index in [1.165, 1.54) is 44.5 Å². The molecule has 0 unspecified atom stereocenters. The minimum Gasteiger partial charge on any atom is -0.455 e. The van der Waals surface area contributed by atoms with Crippen molar-refractivity contribution >= 4 is 39.0 Å². The molecule has 2 heteroatoms. The number of hydrogen-bond acceptors (Lipinski definition) is 2. The van der Waals surface area contributed by atoms with Gasteiger partial charge in [0.1, 0.15) is 11.2 Å². The molecule has 10 rings (SSSR count). The topological polar surface area (TPSA) is 16.4 Å². The normalized spacial score (nSPS) is 11.8. The Balaban J connectivity index is 1.03. The molecule has 1 aliphatic carbocycles. The molecule has 0 amide bonds. The second-order valence-electron chi connectivity index (χ2n) is 13.3. The smallest absolute Gasteiger partial charge is 0.143 e. The summed E-state index contributed by atoms with van der Waals surface area (Å²) in [6.07, 6.45) is 1.01. The molecule has 240 valence electrons. The fourth-order valence-electron chi connectivity index (χ4n) is 7.75. The van der Waals surface area contributed by atoms with Gasteiger partial charge in [-0.3, -0.25) is 0 Å². The van der Waals surface area contributed by atoms with Crippen LogP contribution in [0.1, 0.15) is 11.1 Å². The largest absolute Gasteiger partial charge is 0.455 e. The van der Waals surface area contributed by atoms with E-state index in [-0.39, 0.29) is 0 Å². The van der Waals surface area contributed by atoms with Gasteiger partial charge in [0.25, 0.3) is 0 Å². The summed E-state index contributed by atoms with van der Waals surface area (Å²) in [5, 5.41) is 2.28. The predicted molar refractivity (Wildman–Crippen MR) is 213 cm³/mol. The number of fused-ring (bicyclic) bond motifs is 6. The second kappa shape index (κ2) is 12.0. The third-order valence-electron chi connectivity index (χ3n) is 10.3. The molecule has 0 aliphatic heterocycles. The predicted octanol–water partition coefficient (Wildman–Crippen LogP) is 13.6. The fourth-order valence-corrected chi connectivity index (χ4v) is 7.75. The zero-order chi connectivity index (χ0) is 33.7. The number of hydrogen-bond donors (Lipinski definition) is 0. The van der Waals surface area contributed by atoms with E-state index in [0.717, 1.165) is 56.5 Å². The van der Waals surface area contributed by atoms with Crippen molar-refractivity contribution in [1.29, 1.82) is 0 Å². The first-order valence-corrected chi connectivity index (χ1v) is 17.5. The summed E-state index contributed by atoms with van der Waals surface area (Å²) in [4.78, 5) is 2.34. The lowest BCUT2D eigenvalue weighted by Gasteiger charge is -2.26. The first-order chi connectivity index (χ1) is 25.3. The molecular weight excluding hydrogens is 619 g/mol. The SMILES string of the molecule is c1ccc(-c2ccc(N(c3ccc(-c4ccc5c(c4)-c4ccccc4C5)cc3)c3ccc(-c4cccc5c4oc4ccccc45)cc3)cc2)cc1. The van der Waals surface area contributed by atoms with Gasteiger partial charge < -0.3 is 9.32 Å². The van der Waals surface area contributed by atoms with Crippen molar-refractivity contribution in [3.63, 3.8) is 0 Å². The van der Waals surface area contributed by atoms with Crippen LogP contribution in [0, 0.1) is 0 Å². The first kappa shape index (κ1) is 29.3. The van der Waals surface area contributed by atoms with Crippen LogP contribution in [0.2, 0.25) is 0 Å². The monoisotopic (exact) mass is 651 g/mol. The third kappa shape index (κ3) is 5.12. The lowest BCUT2D eigenvalue weighted by Crippen LogP contribution is -2.09. The van der Waals surface area contributed by atoms with Crippen molar-refractivity contribution in [1.82, 2.24) is 0 Å². The molecule has 1 aromatic heterocycles. The van der Waals surface area contributed by atoms with E-state index in [0.29, 0.717) is 0 Å². The van der Waals surface area contributed by atoms with E-state index < -0.39 is 0 Å². The molecule has 0 bridgehead atoms. The summed E-state index contributed by atoms with van der Waals surface area (Å²) in [7, 11) is 0. The molecule has 0 radical (unpaired) electrons. The standard InChI is InChI=1S/C49H33NO/c1-2-9-33(10-3-1)34-19-25-40(26-20-34)50(41-27-21-35(22-28-41)37-17-18-39-31-38-11-4-5-12-43(38)47(39)32-37)42-29-23-36(24-30-42)44-14-8-15-46-45-13-6-7-16-48(45)51-49(44)46/h1-30,32H,31H2. The van der Waals surface area contributed by atoms with E-state index in [2.05, 4.69) is 181 Å². The summed E-state index contributed by atoms with van der Waals surface area (Å²) < 4.78 is 6.38. The van der Waals surface area contributed by atoms with E-state index in [9.17, 15) is 0 Å². The van der Waals surface area contributed by atoms with Gasteiger partial charge in [-0.05, 0) is 105 Å². The molecule has 0 fully saturated rings. The highest BCUT2D eigenvalue weighted by atomic mass is 16.3. The lowest BCUT2D eigenvalue weighted by atomic mass is 9.98. The minimum atomic E-state index is 0.912. The van der Waals surface area contributed by atoms with Crippen molar-refractivity contribution in [3.05, 3.63) is 199 Å². The van der Waals surface area contributed by atoms with Crippen molar-refractivity contribution in [2.45, 2.75) is 6.42 Å². The van der Waals surface area contributed by atoms with Crippen LogP contribution < -0.4 is 4.90 Å². The maximum atomic E-state index is 6.38. The Bertz CT molecular complexity index is 2690. The molecule has 9 aromatic rings. The number of benzene rings is 8. The molecule has 0 N–H and O–H groups in total. The maximum Gasteiger partial charge on any atom is 0.143 e. The Morgan fingerprint density at radius 2 is 0.882 bits per heavy atom. The Hall–Kier alpha value is -6.64. The fraction of sp³-hybridized carbons (Fsp3) is 0.0204. The number of furan rings is 1. The van der Waals surface area contributed by atoms with Gasteiger partial charge >= 0.3 is 0 Å². The van der Waals surface area contributed by atoms with E-state index in [1.807, 2.05) is 12.1 Å². The highest BCUT2D eigenvalue weighted by molar-refractivity contribution is 6.09. The van der Waals surface area contributed by atoms with Gasteiger partial charge in [0.15, 0.2) is 0 Å². The van der Waals surface area contributed by atoms with Crippen LogP contribution in [0.15, 0.2) is 192 Å². The number of nitrogens with zero attached hydrogens (tertiary/aromatic N) is 1. The van der Waals surface area contributed by atoms with Gasteiger partial charge in [-0.2, -0.15) is 0 Å². The van der Waals surface area contributed by atoms with Crippen LogP contribution >= 0.6 is 0 Å². The molecule has 2 nitrogen and oxygen atoms in total. The van der Waals surface area contributed by atoms with Gasteiger partial charge in [-0.1, -0.05) is 140 Å². The summed E-state index contributed by atoms with van der Waals surface area (Å²) in [6, 6.07) is 67.6. The molecule has 8 aromatic carbocycles. The maximum absolute atomic E-state index is 6.38. The van der Waals surface area contributed by atoms with Crippen LogP contribution in [0.3, 0.4) is 0 Å². The van der Waals surface area contributed by atoms with E-state index in [1.54, 1.807) is 0 Å². The molecule has 51 heavy (non-hydrogen) atoms.